The number of H-pyrrole nitrogens is 1. The number of hydrogen-bond donors (Lipinski definition) is 2. The fourth-order valence-corrected chi connectivity index (χ4v) is 1.31. The molecule has 2 aromatic rings. The zero-order valence-electron chi connectivity index (χ0n) is 8.07. The Labute approximate surface area is 82.0 Å². The molecule has 5 nitrogen and oxygen atoms in total. The summed E-state index contributed by atoms with van der Waals surface area (Å²) in [4.78, 5) is 4.32. The van der Waals surface area contributed by atoms with E-state index < -0.39 is 0 Å². The van der Waals surface area contributed by atoms with Crippen LogP contribution in [0.4, 0.5) is 0 Å². The minimum absolute atomic E-state index is 0.587. The summed E-state index contributed by atoms with van der Waals surface area (Å²) < 4.78 is 1.97. The third-order valence-electron chi connectivity index (χ3n) is 2.00. The maximum atomic E-state index is 5.42. The van der Waals surface area contributed by atoms with Crippen molar-refractivity contribution in [3.05, 3.63) is 24.3 Å². The summed E-state index contributed by atoms with van der Waals surface area (Å²) >= 11 is 0. The first-order valence-corrected chi connectivity index (χ1v) is 4.53. The van der Waals surface area contributed by atoms with Gasteiger partial charge in [0.1, 0.15) is 5.82 Å². The second-order valence-electron chi connectivity index (χ2n) is 3.21. The van der Waals surface area contributed by atoms with E-state index in [0.29, 0.717) is 6.54 Å². The standard InChI is InChI=1S/C9H13N5/c1-14-5-3-7(6-14)9-11-8(2-4-10)12-13-9/h3,5-6H,2,4,10H2,1H3,(H,11,12,13). The van der Waals surface area contributed by atoms with Gasteiger partial charge in [0.15, 0.2) is 5.82 Å². The first-order valence-electron chi connectivity index (χ1n) is 4.53. The van der Waals surface area contributed by atoms with Crippen molar-refractivity contribution in [1.82, 2.24) is 19.7 Å². The first-order chi connectivity index (χ1) is 6.79. The van der Waals surface area contributed by atoms with Crippen LogP contribution in [0.3, 0.4) is 0 Å². The van der Waals surface area contributed by atoms with Gasteiger partial charge in [-0.2, -0.15) is 5.10 Å². The fraction of sp³-hybridized carbons (Fsp3) is 0.333. The van der Waals surface area contributed by atoms with Gasteiger partial charge in [-0.05, 0) is 12.6 Å². The molecule has 0 radical (unpaired) electrons. The van der Waals surface area contributed by atoms with Gasteiger partial charge in [0, 0.05) is 31.4 Å². The molecule has 0 aromatic carbocycles. The summed E-state index contributed by atoms with van der Waals surface area (Å²) in [6.07, 6.45) is 4.68. The smallest absolute Gasteiger partial charge is 0.182 e. The van der Waals surface area contributed by atoms with Gasteiger partial charge < -0.3 is 10.3 Å². The molecule has 2 heterocycles. The number of hydrogen-bond acceptors (Lipinski definition) is 3. The molecule has 5 heteroatoms. The summed E-state index contributed by atoms with van der Waals surface area (Å²) in [5, 5.41) is 6.98. The number of nitrogens with two attached hydrogens (primary N) is 1. The molecule has 0 spiro atoms. The Morgan fingerprint density at radius 3 is 3.07 bits per heavy atom. The van der Waals surface area contributed by atoms with Gasteiger partial charge in [0.25, 0.3) is 0 Å². The summed E-state index contributed by atoms with van der Waals surface area (Å²) in [7, 11) is 1.97. The van der Waals surface area contributed by atoms with E-state index in [2.05, 4.69) is 15.2 Å². The highest BCUT2D eigenvalue weighted by atomic mass is 15.2. The van der Waals surface area contributed by atoms with Crippen molar-refractivity contribution in [2.45, 2.75) is 6.42 Å². The van der Waals surface area contributed by atoms with Gasteiger partial charge in [0.05, 0.1) is 0 Å². The van der Waals surface area contributed by atoms with E-state index in [-0.39, 0.29) is 0 Å². The number of aromatic nitrogens is 4. The number of rotatable bonds is 3. The van der Waals surface area contributed by atoms with Crippen LogP contribution in [0.15, 0.2) is 18.5 Å². The lowest BCUT2D eigenvalue weighted by Crippen LogP contribution is -2.03. The topological polar surface area (TPSA) is 72.5 Å². The molecule has 0 aliphatic rings. The van der Waals surface area contributed by atoms with Gasteiger partial charge in [-0.15, -0.1) is 0 Å². The molecule has 14 heavy (non-hydrogen) atoms. The Kier molecular flexibility index (Phi) is 2.32. The largest absolute Gasteiger partial charge is 0.357 e. The van der Waals surface area contributed by atoms with E-state index in [1.54, 1.807) is 0 Å². The first kappa shape index (κ1) is 8.96. The van der Waals surface area contributed by atoms with E-state index in [0.717, 1.165) is 23.6 Å². The molecule has 0 bridgehead atoms. The van der Waals surface area contributed by atoms with E-state index >= 15 is 0 Å². The lowest BCUT2D eigenvalue weighted by atomic mass is 10.3. The average Bonchev–Trinajstić information content (AvgIpc) is 2.74. The van der Waals surface area contributed by atoms with Crippen LogP contribution in [0.1, 0.15) is 5.82 Å². The van der Waals surface area contributed by atoms with Gasteiger partial charge in [-0.1, -0.05) is 0 Å². The molecule has 74 valence electrons. The molecule has 0 saturated heterocycles. The Hall–Kier alpha value is -1.62. The summed E-state index contributed by atoms with van der Waals surface area (Å²) in [5.74, 6) is 1.57. The van der Waals surface area contributed by atoms with E-state index in [1.807, 2.05) is 30.1 Å². The second kappa shape index (κ2) is 3.63. The van der Waals surface area contributed by atoms with Crippen molar-refractivity contribution < 1.29 is 0 Å². The molecule has 0 saturated carbocycles. The van der Waals surface area contributed by atoms with Gasteiger partial charge >= 0.3 is 0 Å². The Bertz CT molecular complexity index is 414. The molecule has 0 aliphatic heterocycles. The van der Waals surface area contributed by atoms with Crippen molar-refractivity contribution in [3.63, 3.8) is 0 Å². The molecular formula is C9H13N5. The van der Waals surface area contributed by atoms with Crippen molar-refractivity contribution in [3.8, 4) is 11.4 Å². The quantitative estimate of drug-likeness (QED) is 0.733. The van der Waals surface area contributed by atoms with E-state index in [4.69, 9.17) is 5.73 Å². The molecule has 2 rings (SSSR count). The van der Waals surface area contributed by atoms with Crippen LogP contribution >= 0.6 is 0 Å². The van der Waals surface area contributed by atoms with E-state index in [9.17, 15) is 0 Å². The molecule has 3 N–H and O–H groups in total. The lowest BCUT2D eigenvalue weighted by Gasteiger charge is -1.88. The predicted molar refractivity (Wildman–Crippen MR) is 53.5 cm³/mol. The second-order valence-corrected chi connectivity index (χ2v) is 3.21. The van der Waals surface area contributed by atoms with Crippen molar-refractivity contribution in [1.29, 1.82) is 0 Å². The number of nitrogens with one attached hydrogen (secondary N) is 1. The molecule has 0 atom stereocenters. The number of aryl methyl sites for hydroxylation is 1. The zero-order valence-corrected chi connectivity index (χ0v) is 8.07. The summed E-state index contributed by atoms with van der Waals surface area (Å²) in [5.41, 5.74) is 6.44. The van der Waals surface area contributed by atoms with Crippen LogP contribution < -0.4 is 5.73 Å². The predicted octanol–water partition coefficient (Wildman–Crippen LogP) is 0.311. The molecule has 0 fully saturated rings. The third kappa shape index (κ3) is 1.67. The van der Waals surface area contributed by atoms with Crippen LogP contribution in [-0.2, 0) is 13.5 Å². The summed E-state index contributed by atoms with van der Waals surface area (Å²) in [6, 6.07) is 1.98. The van der Waals surface area contributed by atoms with E-state index in [1.165, 1.54) is 0 Å². The maximum absolute atomic E-state index is 5.42. The fourth-order valence-electron chi connectivity index (χ4n) is 1.31. The van der Waals surface area contributed by atoms with Crippen LogP contribution in [0, 0.1) is 0 Å². The molecule has 0 aliphatic carbocycles. The molecule has 0 amide bonds. The van der Waals surface area contributed by atoms with Crippen molar-refractivity contribution in [2.75, 3.05) is 6.54 Å². The minimum atomic E-state index is 0.587. The molecule has 0 unspecified atom stereocenters. The van der Waals surface area contributed by atoms with Crippen LogP contribution in [0.2, 0.25) is 0 Å². The van der Waals surface area contributed by atoms with Gasteiger partial charge in [0.2, 0.25) is 0 Å². The van der Waals surface area contributed by atoms with Gasteiger partial charge in [-0.25, -0.2) is 4.98 Å². The lowest BCUT2D eigenvalue weighted by molar-refractivity contribution is 0.874. The number of aromatic amines is 1. The molecular weight excluding hydrogens is 178 g/mol. The Balaban J connectivity index is 2.24. The SMILES string of the molecule is Cn1ccc(-c2n[nH]c(CCN)n2)c1. The number of nitrogens with zero attached hydrogens (tertiary/aromatic N) is 3. The monoisotopic (exact) mass is 191 g/mol. The van der Waals surface area contributed by atoms with Crippen molar-refractivity contribution >= 4 is 0 Å². The Morgan fingerprint density at radius 1 is 1.57 bits per heavy atom. The average molecular weight is 191 g/mol. The highest BCUT2D eigenvalue weighted by molar-refractivity contribution is 5.53. The Morgan fingerprint density at radius 2 is 2.43 bits per heavy atom. The zero-order chi connectivity index (χ0) is 9.97. The highest BCUT2D eigenvalue weighted by Gasteiger charge is 2.05. The van der Waals surface area contributed by atoms with Gasteiger partial charge in [-0.3, -0.25) is 5.10 Å². The van der Waals surface area contributed by atoms with Crippen LogP contribution in [-0.4, -0.2) is 26.3 Å². The molecule has 2 aromatic heterocycles. The maximum Gasteiger partial charge on any atom is 0.182 e. The summed E-state index contributed by atoms with van der Waals surface area (Å²) in [6.45, 7) is 0.587. The third-order valence-corrected chi connectivity index (χ3v) is 2.00. The van der Waals surface area contributed by atoms with Crippen molar-refractivity contribution in [2.24, 2.45) is 12.8 Å². The highest BCUT2D eigenvalue weighted by Crippen LogP contribution is 2.13. The van der Waals surface area contributed by atoms with Crippen LogP contribution in [0.5, 0.6) is 0 Å². The normalized spacial score (nSPS) is 10.7. The van der Waals surface area contributed by atoms with Crippen LogP contribution in [0.25, 0.3) is 11.4 Å². The minimum Gasteiger partial charge on any atom is -0.357 e.